The third-order valence-corrected chi connectivity index (χ3v) is 3.46. The summed E-state index contributed by atoms with van der Waals surface area (Å²) in [5, 5.41) is 0. The Labute approximate surface area is 119 Å². The second-order valence-corrected chi connectivity index (χ2v) is 6.23. The van der Waals surface area contributed by atoms with Crippen LogP contribution in [-0.2, 0) is 4.79 Å². The van der Waals surface area contributed by atoms with Gasteiger partial charge in [-0.05, 0) is 46.1 Å². The Balaban J connectivity index is 4.42. The number of amides is 1. The lowest BCUT2D eigenvalue weighted by atomic mass is 9.93. The van der Waals surface area contributed by atoms with Gasteiger partial charge in [0.1, 0.15) is 0 Å². The Morgan fingerprint density at radius 1 is 1.32 bits per heavy atom. The molecule has 1 atom stereocenters. The molecule has 0 fully saturated rings. The van der Waals surface area contributed by atoms with Gasteiger partial charge in [-0.15, -0.1) is 6.58 Å². The molecule has 0 rings (SSSR count). The minimum absolute atomic E-state index is 0.139. The van der Waals surface area contributed by atoms with Gasteiger partial charge in [0.05, 0.1) is 0 Å². The monoisotopic (exact) mass is 268 g/mol. The van der Waals surface area contributed by atoms with Crippen molar-refractivity contribution in [2.45, 2.75) is 65.3 Å². The van der Waals surface area contributed by atoms with E-state index in [2.05, 4.69) is 34.3 Å². The predicted octanol–water partition coefficient (Wildman–Crippen LogP) is 3.34. The van der Waals surface area contributed by atoms with Crippen LogP contribution in [0, 0.1) is 5.92 Å². The molecule has 1 amide bonds. The number of carbonyl (C=O) groups is 1. The van der Waals surface area contributed by atoms with E-state index in [1.54, 1.807) is 6.08 Å². The molecule has 0 aliphatic heterocycles. The maximum Gasteiger partial charge on any atom is 0.223 e. The summed E-state index contributed by atoms with van der Waals surface area (Å²) in [7, 11) is 0. The van der Waals surface area contributed by atoms with E-state index in [1.807, 2.05) is 4.90 Å². The number of hydrogen-bond donors (Lipinski definition) is 1. The Morgan fingerprint density at radius 2 is 1.95 bits per heavy atom. The van der Waals surface area contributed by atoms with Crippen LogP contribution in [-0.4, -0.2) is 29.4 Å². The Morgan fingerprint density at radius 3 is 2.37 bits per heavy atom. The summed E-state index contributed by atoms with van der Waals surface area (Å²) in [6.07, 6.45) is 6.73. The fraction of sp³-hybridized carbons (Fsp3) is 0.812. The lowest BCUT2D eigenvalue weighted by Gasteiger charge is -2.35. The first-order chi connectivity index (χ1) is 8.86. The van der Waals surface area contributed by atoms with Crippen LogP contribution in [0.5, 0.6) is 0 Å². The zero-order valence-corrected chi connectivity index (χ0v) is 13.2. The van der Waals surface area contributed by atoms with Crippen molar-refractivity contribution in [2.75, 3.05) is 13.1 Å². The van der Waals surface area contributed by atoms with E-state index < -0.39 is 0 Å². The molecule has 3 nitrogen and oxygen atoms in total. The summed E-state index contributed by atoms with van der Waals surface area (Å²) in [6, 6.07) is 0. The summed E-state index contributed by atoms with van der Waals surface area (Å²) in [5.74, 6) is 0.815. The topological polar surface area (TPSA) is 46.3 Å². The zero-order valence-electron chi connectivity index (χ0n) is 13.2. The fourth-order valence-corrected chi connectivity index (χ4v) is 2.42. The number of carbonyl (C=O) groups excluding carboxylic acids is 1. The molecule has 0 aliphatic rings. The van der Waals surface area contributed by atoms with Crippen LogP contribution in [0.4, 0.5) is 0 Å². The van der Waals surface area contributed by atoms with Gasteiger partial charge in [0, 0.05) is 18.5 Å². The highest BCUT2D eigenvalue weighted by Gasteiger charge is 2.25. The highest BCUT2D eigenvalue weighted by molar-refractivity contribution is 5.77. The molecule has 0 saturated carbocycles. The van der Waals surface area contributed by atoms with E-state index >= 15 is 0 Å². The van der Waals surface area contributed by atoms with Gasteiger partial charge < -0.3 is 10.6 Å². The van der Waals surface area contributed by atoms with Crippen molar-refractivity contribution in [3.63, 3.8) is 0 Å². The normalized spacial score (nSPS) is 13.1. The SMILES string of the molecule is C=CCN(C(=O)CCC(CCC)CCN)C(C)(C)C. The van der Waals surface area contributed by atoms with Crippen molar-refractivity contribution < 1.29 is 4.79 Å². The van der Waals surface area contributed by atoms with E-state index in [-0.39, 0.29) is 11.4 Å². The lowest BCUT2D eigenvalue weighted by Crippen LogP contribution is -2.45. The fourth-order valence-electron chi connectivity index (χ4n) is 2.42. The Hall–Kier alpha value is -0.830. The van der Waals surface area contributed by atoms with Crippen molar-refractivity contribution in [1.82, 2.24) is 4.90 Å². The average Bonchev–Trinajstić information content (AvgIpc) is 2.31. The molecule has 0 aliphatic carbocycles. The van der Waals surface area contributed by atoms with E-state index in [0.29, 0.717) is 25.4 Å². The lowest BCUT2D eigenvalue weighted by molar-refractivity contribution is -0.135. The third-order valence-electron chi connectivity index (χ3n) is 3.46. The highest BCUT2D eigenvalue weighted by Crippen LogP contribution is 2.20. The molecule has 0 aromatic carbocycles. The van der Waals surface area contributed by atoms with E-state index in [1.165, 1.54) is 6.42 Å². The molecule has 0 aromatic rings. The van der Waals surface area contributed by atoms with Crippen molar-refractivity contribution in [2.24, 2.45) is 11.7 Å². The van der Waals surface area contributed by atoms with Crippen LogP contribution in [0.15, 0.2) is 12.7 Å². The van der Waals surface area contributed by atoms with Crippen molar-refractivity contribution >= 4 is 5.91 Å². The van der Waals surface area contributed by atoms with Gasteiger partial charge in [0.2, 0.25) is 5.91 Å². The molecule has 0 radical (unpaired) electrons. The number of nitrogens with two attached hydrogens (primary N) is 1. The minimum atomic E-state index is -0.139. The Bertz CT molecular complexity index is 262. The minimum Gasteiger partial charge on any atom is -0.334 e. The maximum absolute atomic E-state index is 12.3. The van der Waals surface area contributed by atoms with Crippen molar-refractivity contribution in [1.29, 1.82) is 0 Å². The van der Waals surface area contributed by atoms with Crippen molar-refractivity contribution in [3.05, 3.63) is 12.7 Å². The molecule has 112 valence electrons. The molecule has 3 heteroatoms. The highest BCUT2D eigenvalue weighted by atomic mass is 16.2. The summed E-state index contributed by atoms with van der Waals surface area (Å²) < 4.78 is 0. The maximum atomic E-state index is 12.3. The predicted molar refractivity (Wildman–Crippen MR) is 83.0 cm³/mol. The van der Waals surface area contributed by atoms with Gasteiger partial charge in [0.15, 0.2) is 0 Å². The van der Waals surface area contributed by atoms with Gasteiger partial charge >= 0.3 is 0 Å². The van der Waals surface area contributed by atoms with E-state index in [0.717, 1.165) is 19.3 Å². The third kappa shape index (κ3) is 7.36. The van der Waals surface area contributed by atoms with Crippen molar-refractivity contribution in [3.8, 4) is 0 Å². The largest absolute Gasteiger partial charge is 0.334 e. The van der Waals surface area contributed by atoms with Gasteiger partial charge in [-0.2, -0.15) is 0 Å². The average molecular weight is 268 g/mol. The van der Waals surface area contributed by atoms with Crippen LogP contribution in [0.1, 0.15) is 59.8 Å². The first-order valence-electron chi connectivity index (χ1n) is 7.48. The molecule has 19 heavy (non-hydrogen) atoms. The summed E-state index contributed by atoms with van der Waals surface area (Å²) in [4.78, 5) is 14.2. The number of rotatable bonds is 9. The van der Waals surface area contributed by atoms with Crippen LogP contribution in [0.3, 0.4) is 0 Å². The molecule has 0 aromatic heterocycles. The van der Waals surface area contributed by atoms with Crippen LogP contribution in [0.25, 0.3) is 0 Å². The molecular weight excluding hydrogens is 236 g/mol. The standard InChI is InChI=1S/C16H32N2O/c1-6-8-14(11-12-17)9-10-15(19)18(13-7-2)16(3,4)5/h7,14H,2,6,8-13,17H2,1,3-5H3. The van der Waals surface area contributed by atoms with E-state index in [4.69, 9.17) is 5.73 Å². The Kier molecular flexibility index (Phi) is 8.73. The van der Waals surface area contributed by atoms with Gasteiger partial charge in [-0.25, -0.2) is 0 Å². The van der Waals surface area contributed by atoms with Crippen LogP contribution < -0.4 is 5.73 Å². The first-order valence-corrected chi connectivity index (χ1v) is 7.48. The zero-order chi connectivity index (χ0) is 14.9. The molecule has 0 heterocycles. The van der Waals surface area contributed by atoms with Gasteiger partial charge in [-0.3, -0.25) is 4.79 Å². The molecule has 1 unspecified atom stereocenters. The second kappa shape index (κ2) is 9.13. The van der Waals surface area contributed by atoms with Gasteiger partial charge in [-0.1, -0.05) is 25.8 Å². The second-order valence-electron chi connectivity index (χ2n) is 6.23. The number of hydrogen-bond acceptors (Lipinski definition) is 2. The smallest absolute Gasteiger partial charge is 0.223 e. The molecule has 2 N–H and O–H groups in total. The number of nitrogens with zero attached hydrogens (tertiary/aromatic N) is 1. The van der Waals surface area contributed by atoms with Gasteiger partial charge in [0.25, 0.3) is 0 Å². The molecule has 0 saturated heterocycles. The van der Waals surface area contributed by atoms with E-state index in [9.17, 15) is 4.79 Å². The van der Waals surface area contributed by atoms with Crippen LogP contribution in [0.2, 0.25) is 0 Å². The molecular formula is C16H32N2O. The summed E-state index contributed by atoms with van der Waals surface area (Å²) in [6.45, 7) is 13.5. The summed E-state index contributed by atoms with van der Waals surface area (Å²) >= 11 is 0. The molecule has 0 spiro atoms. The quantitative estimate of drug-likeness (QED) is 0.652. The van der Waals surface area contributed by atoms with Crippen LogP contribution >= 0.6 is 0 Å². The molecule has 0 bridgehead atoms. The first kappa shape index (κ1) is 18.2. The summed E-state index contributed by atoms with van der Waals surface area (Å²) in [5.41, 5.74) is 5.49.